The van der Waals surface area contributed by atoms with Gasteiger partial charge in [-0.15, -0.1) is 0 Å². The van der Waals surface area contributed by atoms with Gasteiger partial charge in [0.05, 0.1) is 11.5 Å². The second kappa shape index (κ2) is 12.5. The Morgan fingerprint density at radius 2 is 1.42 bits per heavy atom. The number of nitrogens with zero attached hydrogens (tertiary/aromatic N) is 1. The first-order chi connectivity index (χ1) is 17.9. The van der Waals surface area contributed by atoms with Crippen LogP contribution in [-0.2, 0) is 28.6 Å². The lowest BCUT2D eigenvalue weighted by atomic mass is 9.97. The summed E-state index contributed by atoms with van der Waals surface area (Å²) in [6.45, 7) is 5.78. The van der Waals surface area contributed by atoms with Crippen LogP contribution in [0.5, 0.6) is 0 Å². The van der Waals surface area contributed by atoms with Crippen molar-refractivity contribution >= 4 is 58.9 Å². The molecule has 0 unspecified atom stereocenters. The molecule has 0 spiro atoms. The molecular formula is C28H29Cl2NO7. The minimum absolute atomic E-state index is 0.0936. The van der Waals surface area contributed by atoms with Crippen LogP contribution in [-0.4, -0.2) is 52.1 Å². The van der Waals surface area contributed by atoms with Gasteiger partial charge in [-0.1, -0.05) is 60.7 Å². The first kappa shape index (κ1) is 29.2. The number of esters is 3. The van der Waals surface area contributed by atoms with E-state index in [0.717, 1.165) is 0 Å². The molecule has 0 aromatic heterocycles. The highest BCUT2D eigenvalue weighted by molar-refractivity contribution is 6.57. The molecular weight excluding hydrogens is 533 g/mol. The summed E-state index contributed by atoms with van der Waals surface area (Å²) in [7, 11) is 0. The molecule has 202 valence electrons. The number of rotatable bonds is 6. The predicted molar refractivity (Wildman–Crippen MR) is 143 cm³/mol. The Morgan fingerprint density at radius 1 is 0.868 bits per heavy atom. The first-order valence-corrected chi connectivity index (χ1v) is 12.8. The Balaban J connectivity index is 1.63. The number of hydrogen-bond donors (Lipinski definition) is 0. The second-order valence-corrected chi connectivity index (χ2v) is 10.9. The normalized spacial score (nSPS) is 15.0. The summed E-state index contributed by atoms with van der Waals surface area (Å²) in [6, 6.07) is 17.6. The van der Waals surface area contributed by atoms with Gasteiger partial charge in [0, 0.05) is 13.1 Å². The van der Waals surface area contributed by atoms with E-state index in [2.05, 4.69) is 0 Å². The van der Waals surface area contributed by atoms with Crippen molar-refractivity contribution in [1.82, 2.24) is 4.90 Å². The molecule has 0 bridgehead atoms. The van der Waals surface area contributed by atoms with Gasteiger partial charge in [0.25, 0.3) is 0 Å². The van der Waals surface area contributed by atoms with Crippen molar-refractivity contribution in [2.75, 3.05) is 13.1 Å². The third kappa shape index (κ3) is 8.33. The molecule has 0 aliphatic carbocycles. The molecule has 0 atom stereocenters. The van der Waals surface area contributed by atoms with Crippen molar-refractivity contribution in [2.45, 2.75) is 43.7 Å². The highest BCUT2D eigenvalue weighted by atomic mass is 35.5. The summed E-state index contributed by atoms with van der Waals surface area (Å²) < 4.78 is 12.5. The molecule has 3 rings (SSSR count). The van der Waals surface area contributed by atoms with Crippen molar-refractivity contribution in [3.63, 3.8) is 0 Å². The fourth-order valence-electron chi connectivity index (χ4n) is 3.67. The van der Waals surface area contributed by atoms with Crippen molar-refractivity contribution in [1.29, 1.82) is 0 Å². The summed E-state index contributed by atoms with van der Waals surface area (Å²) in [5.74, 6) is -3.96. The van der Waals surface area contributed by atoms with Crippen LogP contribution >= 0.6 is 23.2 Å². The molecule has 0 saturated carbocycles. The van der Waals surface area contributed by atoms with Gasteiger partial charge in [-0.3, -0.25) is 4.79 Å². The molecule has 1 amide bonds. The van der Waals surface area contributed by atoms with E-state index < -0.39 is 40.0 Å². The average Bonchev–Trinajstić information content (AvgIpc) is 2.87. The number of hydrogen-bond acceptors (Lipinski definition) is 7. The number of halogens is 2. The summed E-state index contributed by atoms with van der Waals surface area (Å²) >= 11 is 12.0. The Morgan fingerprint density at radius 3 is 1.97 bits per heavy atom. The predicted octanol–water partition coefficient (Wildman–Crippen LogP) is 5.62. The van der Waals surface area contributed by atoms with E-state index >= 15 is 0 Å². The Labute approximate surface area is 231 Å². The van der Waals surface area contributed by atoms with Gasteiger partial charge in [-0.05, 0) is 74.0 Å². The molecule has 8 nitrogen and oxygen atoms in total. The third-order valence-electron chi connectivity index (χ3n) is 5.55. The molecule has 2 aromatic rings. The van der Waals surface area contributed by atoms with Gasteiger partial charge in [0.1, 0.15) is 5.60 Å². The number of likely N-dealkylation sites (tertiary alicyclic amines) is 1. The molecule has 2 aromatic carbocycles. The van der Waals surface area contributed by atoms with E-state index in [9.17, 15) is 19.2 Å². The minimum Gasteiger partial charge on any atom is -0.444 e. The van der Waals surface area contributed by atoms with E-state index in [0.29, 0.717) is 11.1 Å². The fourth-order valence-corrected chi connectivity index (χ4v) is 3.88. The Hall–Kier alpha value is -3.36. The molecule has 38 heavy (non-hydrogen) atoms. The second-order valence-electron chi connectivity index (χ2n) is 9.69. The zero-order valence-electron chi connectivity index (χ0n) is 21.3. The quantitative estimate of drug-likeness (QED) is 0.113. The van der Waals surface area contributed by atoms with Crippen molar-refractivity contribution in [2.24, 2.45) is 5.92 Å². The topological polar surface area (TPSA) is 99.2 Å². The number of carbonyl (C=O) groups is 4. The van der Waals surface area contributed by atoms with Gasteiger partial charge in [0.15, 0.2) is 0 Å². The van der Waals surface area contributed by atoms with Gasteiger partial charge in [0.2, 0.25) is 0 Å². The van der Waals surface area contributed by atoms with E-state index in [4.69, 9.17) is 37.4 Å². The summed E-state index contributed by atoms with van der Waals surface area (Å²) in [4.78, 5) is 52.0. The SMILES string of the molecule is CC(C)(C)OC(=O)N1CCC(C(=O)OC(=O)C(Cl)(Cl)OC(=O)/C(=C/c2ccccc2)c2ccccc2)CC1. The number of amides is 1. The highest BCUT2D eigenvalue weighted by Crippen LogP contribution is 2.30. The Kier molecular flexibility index (Phi) is 9.57. The van der Waals surface area contributed by atoms with Crippen LogP contribution < -0.4 is 0 Å². The molecule has 0 radical (unpaired) electrons. The molecule has 0 N–H and O–H groups in total. The van der Waals surface area contributed by atoms with Gasteiger partial charge in [-0.2, -0.15) is 0 Å². The summed E-state index contributed by atoms with van der Waals surface area (Å²) in [5.41, 5.74) is 0.661. The fraction of sp³-hybridized carbons (Fsp3) is 0.357. The lowest BCUT2D eigenvalue weighted by Crippen LogP contribution is -2.44. The number of alkyl halides is 2. The van der Waals surface area contributed by atoms with Crippen LogP contribution in [0.15, 0.2) is 60.7 Å². The van der Waals surface area contributed by atoms with Crippen LogP contribution in [0, 0.1) is 5.92 Å². The number of benzene rings is 2. The average molecular weight is 562 g/mol. The standard InChI is InChI=1S/C28H29Cl2NO7/c1-27(2,3)38-26(35)31-16-14-21(15-17-31)23(32)36-25(34)28(29,30)37-24(33)22(20-12-8-5-9-13-20)18-19-10-6-4-7-11-19/h4-13,18,21H,14-17H2,1-3H3/b22-18+. The third-order valence-corrected chi connectivity index (χ3v) is 6.01. The largest absolute Gasteiger partial charge is 0.444 e. The smallest absolute Gasteiger partial charge is 0.410 e. The van der Waals surface area contributed by atoms with Gasteiger partial charge in [-0.25, -0.2) is 14.4 Å². The van der Waals surface area contributed by atoms with Gasteiger partial charge >= 0.3 is 28.5 Å². The van der Waals surface area contributed by atoms with Crippen molar-refractivity contribution in [3.05, 3.63) is 71.8 Å². The lowest BCUT2D eigenvalue weighted by molar-refractivity contribution is -0.173. The van der Waals surface area contributed by atoms with Crippen molar-refractivity contribution < 1.29 is 33.4 Å². The number of ether oxygens (including phenoxy) is 3. The minimum atomic E-state index is -2.77. The molecule has 1 saturated heterocycles. The van der Waals surface area contributed by atoms with E-state index in [-0.39, 0.29) is 31.5 Å². The molecule has 1 heterocycles. The highest BCUT2D eigenvalue weighted by Gasteiger charge is 2.44. The monoisotopic (exact) mass is 561 g/mol. The van der Waals surface area contributed by atoms with Crippen LogP contribution in [0.4, 0.5) is 4.79 Å². The van der Waals surface area contributed by atoms with Crippen molar-refractivity contribution in [3.8, 4) is 0 Å². The van der Waals surface area contributed by atoms with Crippen LogP contribution in [0.3, 0.4) is 0 Å². The maximum Gasteiger partial charge on any atom is 0.410 e. The zero-order chi connectivity index (χ0) is 27.9. The number of piperidine rings is 1. The molecule has 1 aliphatic heterocycles. The molecule has 1 aliphatic rings. The lowest BCUT2D eigenvalue weighted by Gasteiger charge is -2.32. The zero-order valence-corrected chi connectivity index (χ0v) is 22.8. The van der Waals surface area contributed by atoms with Crippen LogP contribution in [0.1, 0.15) is 44.7 Å². The maximum atomic E-state index is 13.1. The van der Waals surface area contributed by atoms with Gasteiger partial charge < -0.3 is 19.1 Å². The van der Waals surface area contributed by atoms with Crippen LogP contribution in [0.25, 0.3) is 11.6 Å². The maximum absolute atomic E-state index is 13.1. The van der Waals surface area contributed by atoms with E-state index in [1.54, 1.807) is 81.4 Å². The summed E-state index contributed by atoms with van der Waals surface area (Å²) in [5, 5.41) is 0. The van der Waals surface area contributed by atoms with E-state index in [1.807, 2.05) is 6.07 Å². The van der Waals surface area contributed by atoms with Crippen LogP contribution in [0.2, 0.25) is 0 Å². The number of carbonyl (C=O) groups excluding carboxylic acids is 4. The molecule has 1 fully saturated rings. The first-order valence-electron chi connectivity index (χ1n) is 12.0. The molecule has 10 heteroatoms. The van der Waals surface area contributed by atoms with E-state index in [1.165, 1.54) is 4.90 Å². The Bertz CT molecular complexity index is 1180. The summed E-state index contributed by atoms with van der Waals surface area (Å²) in [6.07, 6.45) is 1.59.